The summed E-state index contributed by atoms with van der Waals surface area (Å²) in [6.45, 7) is 3.05. The lowest BCUT2D eigenvalue weighted by Crippen LogP contribution is -2.45. The van der Waals surface area contributed by atoms with Crippen molar-refractivity contribution in [1.82, 2.24) is 9.80 Å². The topological polar surface area (TPSA) is 49.9 Å². The van der Waals surface area contributed by atoms with Crippen molar-refractivity contribution in [2.24, 2.45) is 0 Å². The molecule has 2 amide bonds. The van der Waals surface area contributed by atoms with E-state index in [-0.39, 0.29) is 17.9 Å². The zero-order valence-corrected chi connectivity index (χ0v) is 15.1. The maximum absolute atomic E-state index is 12.9. The maximum Gasteiger partial charge on any atom is 0.264 e. The molecule has 132 valence electrons. The summed E-state index contributed by atoms with van der Waals surface area (Å²) in [5, 5.41) is 0. The van der Waals surface area contributed by atoms with Crippen molar-refractivity contribution in [3.05, 3.63) is 21.9 Å². The van der Waals surface area contributed by atoms with Crippen molar-refractivity contribution in [3.8, 4) is 0 Å². The van der Waals surface area contributed by atoms with E-state index in [1.807, 2.05) is 21.9 Å². The van der Waals surface area contributed by atoms with Crippen LogP contribution < -0.4 is 0 Å². The van der Waals surface area contributed by atoms with Crippen LogP contribution in [-0.2, 0) is 16.1 Å². The Bertz CT molecular complexity index is 587. The van der Waals surface area contributed by atoms with E-state index in [0.29, 0.717) is 13.0 Å². The second-order valence-electron chi connectivity index (χ2n) is 6.62. The molecule has 1 aromatic heterocycles. The number of piperidine rings is 1. The maximum atomic E-state index is 12.9. The summed E-state index contributed by atoms with van der Waals surface area (Å²) in [6, 6.07) is 4.15. The van der Waals surface area contributed by atoms with E-state index < -0.39 is 0 Å². The zero-order chi connectivity index (χ0) is 16.9. The third-order valence-corrected chi connectivity index (χ3v) is 6.00. The van der Waals surface area contributed by atoms with Gasteiger partial charge in [-0.2, -0.15) is 0 Å². The molecular weight excluding hydrogens is 324 g/mol. The van der Waals surface area contributed by atoms with Gasteiger partial charge in [0, 0.05) is 44.1 Å². The summed E-state index contributed by atoms with van der Waals surface area (Å²) < 4.78 is 5.14. The number of nitrogens with zero attached hydrogens (tertiary/aromatic N) is 2. The van der Waals surface area contributed by atoms with Gasteiger partial charge in [0.25, 0.3) is 5.91 Å². The monoisotopic (exact) mass is 350 g/mol. The summed E-state index contributed by atoms with van der Waals surface area (Å²) in [6.07, 6.45) is 5.84. The number of likely N-dealkylation sites (tertiary alicyclic amines) is 2. The summed E-state index contributed by atoms with van der Waals surface area (Å²) in [5.41, 5.74) is 0. The minimum atomic E-state index is 0.139. The number of amides is 2. The van der Waals surface area contributed by atoms with Gasteiger partial charge in [0.05, 0.1) is 11.5 Å². The van der Waals surface area contributed by atoms with E-state index in [0.717, 1.165) is 55.1 Å². The molecule has 2 fully saturated rings. The van der Waals surface area contributed by atoms with E-state index >= 15 is 0 Å². The molecule has 0 saturated carbocycles. The van der Waals surface area contributed by atoms with Gasteiger partial charge in [-0.3, -0.25) is 9.59 Å². The van der Waals surface area contributed by atoms with E-state index in [2.05, 4.69) is 0 Å². The van der Waals surface area contributed by atoms with Crippen LogP contribution in [0.2, 0.25) is 0 Å². The molecule has 5 nitrogen and oxygen atoms in total. The fourth-order valence-corrected chi connectivity index (χ4v) is 4.60. The zero-order valence-electron chi connectivity index (χ0n) is 14.3. The Balaban J connectivity index is 1.62. The molecule has 3 heterocycles. The standard InChI is InChI=1S/C18H26N2O3S/c1-23-13-15-7-8-16(24-15)18(22)20-11-3-2-5-14(20)9-12-19-10-4-6-17(19)21/h7-8,14H,2-6,9-13H2,1H3/t14-/m0/s1. The first kappa shape index (κ1) is 17.4. The van der Waals surface area contributed by atoms with Crippen molar-refractivity contribution in [2.75, 3.05) is 26.7 Å². The Morgan fingerprint density at radius 3 is 2.92 bits per heavy atom. The Kier molecular flexibility index (Phi) is 5.89. The number of carbonyl (C=O) groups excluding carboxylic acids is 2. The minimum Gasteiger partial charge on any atom is -0.379 e. The quantitative estimate of drug-likeness (QED) is 0.793. The van der Waals surface area contributed by atoms with Crippen molar-refractivity contribution in [2.45, 2.75) is 51.2 Å². The molecule has 1 atom stereocenters. The average molecular weight is 350 g/mol. The normalized spacial score (nSPS) is 21.5. The van der Waals surface area contributed by atoms with Crippen LogP contribution in [0.5, 0.6) is 0 Å². The third kappa shape index (κ3) is 3.98. The molecule has 0 bridgehead atoms. The summed E-state index contributed by atoms with van der Waals surface area (Å²) in [7, 11) is 1.67. The summed E-state index contributed by atoms with van der Waals surface area (Å²) in [4.78, 5) is 30.6. The molecule has 0 N–H and O–H groups in total. The average Bonchev–Trinajstić information content (AvgIpc) is 3.22. The Morgan fingerprint density at radius 1 is 1.29 bits per heavy atom. The first-order valence-corrected chi connectivity index (χ1v) is 9.67. The smallest absolute Gasteiger partial charge is 0.264 e. The number of carbonyl (C=O) groups is 2. The van der Waals surface area contributed by atoms with Gasteiger partial charge in [0.15, 0.2) is 0 Å². The second-order valence-corrected chi connectivity index (χ2v) is 7.79. The van der Waals surface area contributed by atoms with Crippen LogP contribution in [0.1, 0.15) is 53.1 Å². The Hall–Kier alpha value is -1.40. The fourth-order valence-electron chi connectivity index (χ4n) is 3.67. The molecule has 0 aromatic carbocycles. The molecule has 0 radical (unpaired) electrons. The van der Waals surface area contributed by atoms with E-state index in [4.69, 9.17) is 4.74 Å². The molecule has 6 heteroatoms. The number of hydrogen-bond acceptors (Lipinski definition) is 4. The third-order valence-electron chi connectivity index (χ3n) is 4.95. The number of rotatable bonds is 6. The molecule has 0 unspecified atom stereocenters. The van der Waals surface area contributed by atoms with Gasteiger partial charge in [-0.1, -0.05) is 0 Å². The lowest BCUT2D eigenvalue weighted by Gasteiger charge is -2.36. The van der Waals surface area contributed by atoms with Crippen molar-refractivity contribution in [1.29, 1.82) is 0 Å². The van der Waals surface area contributed by atoms with Gasteiger partial charge >= 0.3 is 0 Å². The lowest BCUT2D eigenvalue weighted by atomic mass is 9.98. The first-order chi connectivity index (χ1) is 11.7. The van der Waals surface area contributed by atoms with Crippen LogP contribution in [0.4, 0.5) is 0 Å². The number of ether oxygens (including phenoxy) is 1. The molecule has 0 aliphatic carbocycles. The van der Waals surface area contributed by atoms with Crippen LogP contribution >= 0.6 is 11.3 Å². The highest BCUT2D eigenvalue weighted by Gasteiger charge is 2.29. The molecule has 24 heavy (non-hydrogen) atoms. The van der Waals surface area contributed by atoms with Crippen LogP contribution in [0.15, 0.2) is 12.1 Å². The van der Waals surface area contributed by atoms with Gasteiger partial charge < -0.3 is 14.5 Å². The molecule has 3 rings (SSSR count). The van der Waals surface area contributed by atoms with Gasteiger partial charge in [-0.25, -0.2) is 0 Å². The molecule has 2 aliphatic rings. The second kappa shape index (κ2) is 8.12. The predicted molar refractivity (Wildman–Crippen MR) is 94.1 cm³/mol. The highest BCUT2D eigenvalue weighted by Crippen LogP contribution is 2.26. The SMILES string of the molecule is COCc1ccc(C(=O)N2CCCC[C@H]2CCN2CCCC2=O)s1. The van der Waals surface area contributed by atoms with Gasteiger partial charge in [0.2, 0.25) is 5.91 Å². The minimum absolute atomic E-state index is 0.139. The van der Waals surface area contributed by atoms with Crippen LogP contribution in [0.3, 0.4) is 0 Å². The number of hydrogen-bond donors (Lipinski definition) is 0. The number of thiophene rings is 1. The van der Waals surface area contributed by atoms with Crippen molar-refractivity contribution < 1.29 is 14.3 Å². The van der Waals surface area contributed by atoms with Gasteiger partial charge in [0.1, 0.15) is 0 Å². The molecule has 2 aliphatic heterocycles. The largest absolute Gasteiger partial charge is 0.379 e. The summed E-state index contributed by atoms with van der Waals surface area (Å²) >= 11 is 1.52. The van der Waals surface area contributed by atoms with Crippen LogP contribution in [-0.4, -0.2) is 54.4 Å². The molecule has 1 aromatic rings. The predicted octanol–water partition coefficient (Wildman–Crippen LogP) is 2.90. The lowest BCUT2D eigenvalue weighted by molar-refractivity contribution is -0.127. The fraction of sp³-hybridized carbons (Fsp3) is 0.667. The summed E-state index contributed by atoms with van der Waals surface area (Å²) in [5.74, 6) is 0.408. The van der Waals surface area contributed by atoms with Crippen molar-refractivity contribution >= 4 is 23.2 Å². The number of methoxy groups -OCH3 is 1. The van der Waals surface area contributed by atoms with Gasteiger partial charge in [-0.05, 0) is 44.2 Å². The van der Waals surface area contributed by atoms with Crippen LogP contribution in [0, 0.1) is 0 Å². The molecule has 0 spiro atoms. The molecular formula is C18H26N2O3S. The first-order valence-electron chi connectivity index (χ1n) is 8.85. The Morgan fingerprint density at radius 2 is 2.17 bits per heavy atom. The van der Waals surface area contributed by atoms with E-state index in [1.165, 1.54) is 17.8 Å². The highest BCUT2D eigenvalue weighted by atomic mass is 32.1. The van der Waals surface area contributed by atoms with Gasteiger partial charge in [-0.15, -0.1) is 11.3 Å². The highest BCUT2D eigenvalue weighted by molar-refractivity contribution is 7.14. The Labute approximate surface area is 147 Å². The van der Waals surface area contributed by atoms with Crippen molar-refractivity contribution in [3.63, 3.8) is 0 Å². The van der Waals surface area contributed by atoms with Crippen LogP contribution in [0.25, 0.3) is 0 Å². The van der Waals surface area contributed by atoms with E-state index in [9.17, 15) is 9.59 Å². The van der Waals surface area contributed by atoms with E-state index in [1.54, 1.807) is 7.11 Å². The molecule has 2 saturated heterocycles.